The van der Waals surface area contributed by atoms with Crippen LogP contribution in [0.1, 0.15) is 55.0 Å². The lowest BCUT2D eigenvalue weighted by Gasteiger charge is -2.31. The van der Waals surface area contributed by atoms with Gasteiger partial charge in [0.1, 0.15) is 24.2 Å². The summed E-state index contributed by atoms with van der Waals surface area (Å²) in [6.07, 6.45) is 4.86. The maximum absolute atomic E-state index is 11.8. The summed E-state index contributed by atoms with van der Waals surface area (Å²) >= 11 is 18.7. The number of aromatic amines is 1. The molecule has 8 nitrogen and oxygen atoms in total. The molecule has 0 radical (unpaired) electrons. The molecule has 1 saturated heterocycles. The molecule has 1 aromatic heterocycles. The van der Waals surface area contributed by atoms with Crippen LogP contribution in [0.5, 0.6) is 11.5 Å². The second-order valence-electron chi connectivity index (χ2n) is 9.44. The summed E-state index contributed by atoms with van der Waals surface area (Å²) in [5.41, 5.74) is 3.03. The predicted molar refractivity (Wildman–Crippen MR) is 155 cm³/mol. The minimum Gasteiger partial charge on any atom is -0.493 e. The number of nitrogens with one attached hydrogen (secondary N) is 2. The molecule has 3 atom stereocenters. The van der Waals surface area contributed by atoms with Gasteiger partial charge in [0.25, 0.3) is 0 Å². The Kier molecular flexibility index (Phi) is 10.3. The van der Waals surface area contributed by atoms with E-state index in [2.05, 4.69) is 21.8 Å². The molecule has 0 spiro atoms. The SMILES string of the molecule is CCC(c1ccc(OCC2CCCOC2c2n[nH]cc2NS(C)(=O)=O)cc1)c1cc(Cl)c(OCCCl)c(Cl)c1. The number of nitrogens with zero attached hydrogens (tertiary/aromatic N) is 1. The van der Waals surface area contributed by atoms with Crippen LogP contribution in [0.4, 0.5) is 5.69 Å². The van der Waals surface area contributed by atoms with Gasteiger partial charge in [-0.3, -0.25) is 9.82 Å². The number of hydrogen-bond donors (Lipinski definition) is 2. The molecule has 0 aliphatic carbocycles. The molecule has 4 rings (SSSR count). The van der Waals surface area contributed by atoms with Gasteiger partial charge in [0.05, 0.1) is 34.5 Å². The Balaban J connectivity index is 1.44. The van der Waals surface area contributed by atoms with Gasteiger partial charge in [-0.25, -0.2) is 8.42 Å². The van der Waals surface area contributed by atoms with E-state index in [4.69, 9.17) is 49.0 Å². The number of alkyl halides is 1. The van der Waals surface area contributed by atoms with Crippen LogP contribution in [-0.2, 0) is 14.8 Å². The molecule has 2 aromatic carbocycles. The molecule has 3 unspecified atom stereocenters. The van der Waals surface area contributed by atoms with Gasteiger partial charge < -0.3 is 14.2 Å². The topological polar surface area (TPSA) is 103 Å². The average Bonchev–Trinajstić information content (AvgIpc) is 3.34. The maximum atomic E-state index is 11.8. The highest BCUT2D eigenvalue weighted by atomic mass is 35.5. The van der Waals surface area contributed by atoms with E-state index in [-0.39, 0.29) is 17.9 Å². The monoisotopic (exact) mass is 615 g/mol. The highest BCUT2D eigenvalue weighted by Gasteiger charge is 2.32. The second-order valence-corrected chi connectivity index (χ2v) is 12.4. The zero-order chi connectivity index (χ0) is 28.0. The lowest BCUT2D eigenvalue weighted by atomic mass is 9.89. The van der Waals surface area contributed by atoms with Crippen molar-refractivity contribution < 1.29 is 22.6 Å². The van der Waals surface area contributed by atoms with Crippen molar-refractivity contribution in [3.05, 3.63) is 69.5 Å². The number of benzene rings is 2. The minimum absolute atomic E-state index is 0.00838. The van der Waals surface area contributed by atoms with E-state index in [9.17, 15) is 8.42 Å². The molecular formula is C27H32Cl3N3O5S. The van der Waals surface area contributed by atoms with Crippen molar-refractivity contribution in [3.8, 4) is 11.5 Å². The van der Waals surface area contributed by atoms with E-state index in [1.807, 2.05) is 36.4 Å². The highest BCUT2D eigenvalue weighted by molar-refractivity contribution is 7.92. The number of aromatic nitrogens is 2. The highest BCUT2D eigenvalue weighted by Crippen LogP contribution is 2.40. The molecule has 1 fully saturated rings. The summed E-state index contributed by atoms with van der Waals surface area (Å²) in [6, 6.07) is 11.8. The molecule has 0 bridgehead atoms. The van der Waals surface area contributed by atoms with Gasteiger partial charge in [-0.1, -0.05) is 42.3 Å². The zero-order valence-electron chi connectivity index (χ0n) is 21.8. The fourth-order valence-electron chi connectivity index (χ4n) is 4.84. The molecule has 12 heteroatoms. The van der Waals surface area contributed by atoms with Crippen molar-refractivity contribution in [3.63, 3.8) is 0 Å². The molecule has 1 aliphatic heterocycles. The van der Waals surface area contributed by atoms with Crippen molar-refractivity contribution >= 4 is 50.5 Å². The van der Waals surface area contributed by atoms with E-state index < -0.39 is 10.0 Å². The van der Waals surface area contributed by atoms with E-state index in [0.717, 1.165) is 42.4 Å². The van der Waals surface area contributed by atoms with Crippen molar-refractivity contribution in [2.24, 2.45) is 5.92 Å². The first-order valence-electron chi connectivity index (χ1n) is 12.7. The first-order chi connectivity index (χ1) is 18.7. The standard InChI is InChI=1S/C27H32Cl3N3O5S/c1-3-21(19-13-22(29)27(23(30)14-19)37-12-10-28)17-6-8-20(9-7-17)38-16-18-5-4-11-36-26(18)25-24(15-31-32-25)33-39(2,34)35/h6-9,13-15,18,21,26,33H,3-5,10-12,16H2,1-2H3,(H,31,32). The number of H-pyrrole nitrogens is 1. The van der Waals surface area contributed by atoms with Crippen LogP contribution in [0, 0.1) is 5.92 Å². The van der Waals surface area contributed by atoms with Gasteiger partial charge >= 0.3 is 0 Å². The maximum Gasteiger partial charge on any atom is 0.229 e. The molecule has 2 N–H and O–H groups in total. The lowest BCUT2D eigenvalue weighted by molar-refractivity contribution is -0.0441. The van der Waals surface area contributed by atoms with Gasteiger partial charge in [0.15, 0.2) is 5.75 Å². The Labute approximate surface area is 244 Å². The molecule has 3 aromatic rings. The fourth-order valence-corrected chi connectivity index (χ4v) is 6.09. The van der Waals surface area contributed by atoms with E-state index in [1.165, 1.54) is 6.20 Å². The quantitative estimate of drug-likeness (QED) is 0.217. The van der Waals surface area contributed by atoms with Crippen LogP contribution < -0.4 is 14.2 Å². The predicted octanol–water partition coefficient (Wildman–Crippen LogP) is 6.79. The number of anilines is 1. The van der Waals surface area contributed by atoms with Crippen LogP contribution in [0.15, 0.2) is 42.6 Å². The Morgan fingerprint density at radius 3 is 2.51 bits per heavy atom. The summed E-state index contributed by atoms with van der Waals surface area (Å²) in [7, 11) is -3.45. The number of halogens is 3. The fraction of sp³-hybridized carbons (Fsp3) is 0.444. The molecule has 39 heavy (non-hydrogen) atoms. The number of ether oxygens (including phenoxy) is 3. The van der Waals surface area contributed by atoms with Crippen molar-refractivity contribution in [2.75, 3.05) is 36.7 Å². The molecule has 0 amide bonds. The summed E-state index contributed by atoms with van der Waals surface area (Å²) in [6.45, 7) is 3.42. The van der Waals surface area contributed by atoms with Gasteiger partial charge in [0, 0.05) is 24.6 Å². The Bertz CT molecular complexity index is 1330. The molecule has 1 aliphatic rings. The Hall–Kier alpha value is -2.17. The summed E-state index contributed by atoms with van der Waals surface area (Å²) < 4.78 is 43.8. The Morgan fingerprint density at radius 1 is 1.15 bits per heavy atom. The number of sulfonamides is 1. The zero-order valence-corrected chi connectivity index (χ0v) is 24.8. The smallest absolute Gasteiger partial charge is 0.229 e. The Morgan fingerprint density at radius 2 is 1.87 bits per heavy atom. The average molecular weight is 617 g/mol. The first kappa shape index (κ1) is 29.8. The van der Waals surface area contributed by atoms with Crippen LogP contribution in [0.2, 0.25) is 10.0 Å². The van der Waals surface area contributed by atoms with Crippen molar-refractivity contribution in [2.45, 2.75) is 38.2 Å². The third-order valence-electron chi connectivity index (χ3n) is 6.58. The van der Waals surface area contributed by atoms with E-state index >= 15 is 0 Å². The normalized spacial score (nSPS) is 18.5. The third-order valence-corrected chi connectivity index (χ3v) is 7.89. The number of hydrogen-bond acceptors (Lipinski definition) is 6. The van der Waals surface area contributed by atoms with Gasteiger partial charge in [-0.05, 0) is 54.7 Å². The van der Waals surface area contributed by atoms with Crippen molar-refractivity contribution in [1.29, 1.82) is 0 Å². The minimum atomic E-state index is -3.45. The molecule has 212 valence electrons. The van der Waals surface area contributed by atoms with Gasteiger partial charge in [-0.2, -0.15) is 5.10 Å². The van der Waals surface area contributed by atoms with Crippen LogP contribution in [0.25, 0.3) is 0 Å². The van der Waals surface area contributed by atoms with Gasteiger partial charge in [0.2, 0.25) is 10.0 Å². The first-order valence-corrected chi connectivity index (χ1v) is 15.9. The summed E-state index contributed by atoms with van der Waals surface area (Å²) in [4.78, 5) is 0. The lowest BCUT2D eigenvalue weighted by Crippen LogP contribution is -2.28. The van der Waals surface area contributed by atoms with Crippen LogP contribution in [0.3, 0.4) is 0 Å². The summed E-state index contributed by atoms with van der Waals surface area (Å²) in [5.74, 6) is 1.62. The van der Waals surface area contributed by atoms with Crippen molar-refractivity contribution in [1.82, 2.24) is 10.2 Å². The summed E-state index contributed by atoms with van der Waals surface area (Å²) in [5, 5.41) is 7.92. The van der Waals surface area contributed by atoms with Crippen LogP contribution >= 0.6 is 34.8 Å². The second kappa shape index (κ2) is 13.5. The molecular weight excluding hydrogens is 585 g/mol. The molecule has 2 heterocycles. The number of rotatable bonds is 12. The van der Waals surface area contributed by atoms with Crippen LogP contribution in [-0.4, -0.2) is 50.6 Å². The largest absolute Gasteiger partial charge is 0.493 e. The van der Waals surface area contributed by atoms with E-state index in [0.29, 0.717) is 52.9 Å². The van der Waals surface area contributed by atoms with Gasteiger partial charge in [-0.15, -0.1) is 11.6 Å². The molecule has 0 saturated carbocycles. The third kappa shape index (κ3) is 7.73. The van der Waals surface area contributed by atoms with E-state index in [1.54, 1.807) is 0 Å².